The van der Waals surface area contributed by atoms with Gasteiger partial charge in [0.15, 0.2) is 5.82 Å². The Morgan fingerprint density at radius 3 is 2.77 bits per heavy atom. The Morgan fingerprint density at radius 2 is 2.08 bits per heavy atom. The van der Waals surface area contributed by atoms with Gasteiger partial charge < -0.3 is 15.0 Å². The average Bonchev–Trinajstić information content (AvgIpc) is 3.17. The van der Waals surface area contributed by atoms with Gasteiger partial charge in [0.05, 0.1) is 24.7 Å². The van der Waals surface area contributed by atoms with Gasteiger partial charge >= 0.3 is 0 Å². The van der Waals surface area contributed by atoms with Crippen LogP contribution in [0, 0.1) is 5.82 Å². The van der Waals surface area contributed by atoms with Crippen molar-refractivity contribution in [2.45, 2.75) is 0 Å². The third-order valence-electron chi connectivity index (χ3n) is 3.81. The number of nitrogens with one attached hydrogen (secondary N) is 1. The van der Waals surface area contributed by atoms with Crippen molar-refractivity contribution >= 4 is 29.3 Å². The number of morpholine rings is 1. The third kappa shape index (κ3) is 4.83. The number of nitrogens with zero attached hydrogens (tertiary/aromatic N) is 3. The number of carbonyl (C=O) groups excluding carboxylic acids is 2. The van der Waals surface area contributed by atoms with E-state index in [4.69, 9.17) is 4.74 Å². The number of thioether (sulfide) groups is 1. The average molecular weight is 378 g/mol. The topological polar surface area (TPSA) is 76.5 Å². The van der Waals surface area contributed by atoms with Crippen LogP contribution in [0.5, 0.6) is 0 Å². The van der Waals surface area contributed by atoms with Crippen LogP contribution in [0.25, 0.3) is 5.69 Å². The van der Waals surface area contributed by atoms with Crippen molar-refractivity contribution in [2.24, 2.45) is 0 Å². The summed E-state index contributed by atoms with van der Waals surface area (Å²) in [5.74, 6) is -0.406. The van der Waals surface area contributed by atoms with Gasteiger partial charge in [0.25, 0.3) is 0 Å². The van der Waals surface area contributed by atoms with Gasteiger partial charge in [0, 0.05) is 31.2 Å². The van der Waals surface area contributed by atoms with E-state index in [1.165, 1.54) is 22.5 Å². The van der Waals surface area contributed by atoms with Crippen LogP contribution >= 0.6 is 11.8 Å². The van der Waals surface area contributed by atoms with Gasteiger partial charge in [-0.3, -0.25) is 9.59 Å². The molecule has 1 N–H and O–H groups in total. The second-order valence-electron chi connectivity index (χ2n) is 5.65. The van der Waals surface area contributed by atoms with E-state index in [1.54, 1.807) is 35.5 Å². The molecule has 2 aromatic rings. The standard InChI is InChI=1S/C17H19FN4O3S/c18-14-10-13(2-3-15(14)22-5-1-4-19-22)20-16(23)11-26-12-17(24)21-6-8-25-9-7-21/h1-5,10H,6-9,11-12H2,(H,20,23). The number of aromatic nitrogens is 2. The molecule has 1 fully saturated rings. The van der Waals surface area contributed by atoms with Crippen molar-refractivity contribution in [3.8, 4) is 5.69 Å². The molecule has 1 aromatic heterocycles. The molecule has 1 aliphatic rings. The molecule has 0 saturated carbocycles. The highest BCUT2D eigenvalue weighted by Gasteiger charge is 2.17. The van der Waals surface area contributed by atoms with E-state index in [0.717, 1.165) is 0 Å². The monoisotopic (exact) mass is 378 g/mol. The number of benzene rings is 1. The van der Waals surface area contributed by atoms with Crippen molar-refractivity contribution in [1.29, 1.82) is 0 Å². The van der Waals surface area contributed by atoms with Gasteiger partial charge in [-0.05, 0) is 24.3 Å². The van der Waals surface area contributed by atoms with Gasteiger partial charge in [-0.1, -0.05) is 0 Å². The molecule has 138 valence electrons. The van der Waals surface area contributed by atoms with Crippen LogP contribution in [0.2, 0.25) is 0 Å². The molecule has 0 unspecified atom stereocenters. The van der Waals surface area contributed by atoms with E-state index in [9.17, 15) is 14.0 Å². The summed E-state index contributed by atoms with van der Waals surface area (Å²) in [6.07, 6.45) is 3.20. The minimum Gasteiger partial charge on any atom is -0.378 e. The van der Waals surface area contributed by atoms with Crippen molar-refractivity contribution in [3.63, 3.8) is 0 Å². The van der Waals surface area contributed by atoms with Crippen LogP contribution < -0.4 is 5.32 Å². The molecule has 1 aliphatic heterocycles. The van der Waals surface area contributed by atoms with Crippen molar-refractivity contribution in [2.75, 3.05) is 43.1 Å². The summed E-state index contributed by atoms with van der Waals surface area (Å²) in [7, 11) is 0. The highest BCUT2D eigenvalue weighted by molar-refractivity contribution is 8.00. The summed E-state index contributed by atoms with van der Waals surface area (Å²) >= 11 is 1.24. The zero-order valence-electron chi connectivity index (χ0n) is 14.1. The lowest BCUT2D eigenvalue weighted by Gasteiger charge is -2.26. The fraction of sp³-hybridized carbons (Fsp3) is 0.353. The second kappa shape index (κ2) is 8.81. The van der Waals surface area contributed by atoms with E-state index in [-0.39, 0.29) is 23.3 Å². The highest BCUT2D eigenvalue weighted by atomic mass is 32.2. The van der Waals surface area contributed by atoms with E-state index >= 15 is 0 Å². The number of ether oxygens (including phenoxy) is 1. The summed E-state index contributed by atoms with van der Waals surface area (Å²) in [4.78, 5) is 25.7. The first kappa shape index (κ1) is 18.4. The Morgan fingerprint density at radius 1 is 1.27 bits per heavy atom. The number of halogens is 1. The summed E-state index contributed by atoms with van der Waals surface area (Å²) in [5.41, 5.74) is 0.669. The molecular weight excluding hydrogens is 359 g/mol. The Balaban J connectivity index is 1.46. The molecule has 0 atom stereocenters. The smallest absolute Gasteiger partial charge is 0.234 e. The van der Waals surface area contributed by atoms with Gasteiger partial charge in [-0.2, -0.15) is 5.10 Å². The molecule has 0 aliphatic carbocycles. The molecule has 2 heterocycles. The molecule has 0 radical (unpaired) electrons. The van der Waals surface area contributed by atoms with E-state index in [2.05, 4.69) is 10.4 Å². The fourth-order valence-electron chi connectivity index (χ4n) is 2.51. The third-order valence-corrected chi connectivity index (χ3v) is 4.72. The molecule has 0 spiro atoms. The van der Waals surface area contributed by atoms with Crippen LogP contribution in [0.15, 0.2) is 36.7 Å². The number of amides is 2. The Hall–Kier alpha value is -2.39. The lowest BCUT2D eigenvalue weighted by Crippen LogP contribution is -2.41. The van der Waals surface area contributed by atoms with Crippen molar-refractivity contribution in [3.05, 3.63) is 42.5 Å². The van der Waals surface area contributed by atoms with Crippen molar-refractivity contribution in [1.82, 2.24) is 14.7 Å². The highest BCUT2D eigenvalue weighted by Crippen LogP contribution is 2.18. The first-order valence-electron chi connectivity index (χ1n) is 8.16. The minimum atomic E-state index is -0.485. The fourth-order valence-corrected chi connectivity index (χ4v) is 3.23. The van der Waals surface area contributed by atoms with Crippen LogP contribution in [0.3, 0.4) is 0 Å². The normalized spacial score (nSPS) is 14.3. The summed E-state index contributed by atoms with van der Waals surface area (Å²) < 4.78 is 20.8. The SMILES string of the molecule is O=C(CSCC(=O)N1CCOCC1)Nc1ccc(-n2cccn2)c(F)c1. The molecule has 0 bridgehead atoms. The maximum Gasteiger partial charge on any atom is 0.234 e. The maximum atomic E-state index is 14.1. The Labute approximate surface area is 154 Å². The predicted octanol–water partition coefficient (Wildman–Crippen LogP) is 1.54. The summed E-state index contributed by atoms with van der Waals surface area (Å²) in [6, 6.07) is 6.11. The Kier molecular flexibility index (Phi) is 6.24. The first-order chi connectivity index (χ1) is 12.6. The first-order valence-corrected chi connectivity index (χ1v) is 9.31. The molecule has 1 aromatic carbocycles. The zero-order chi connectivity index (χ0) is 18.4. The van der Waals surface area contributed by atoms with Gasteiger partial charge in [0.1, 0.15) is 5.69 Å². The number of hydrogen-bond acceptors (Lipinski definition) is 5. The number of anilines is 1. The molecule has 2 amide bonds. The van der Waals surface area contributed by atoms with Crippen LogP contribution in [0.1, 0.15) is 0 Å². The number of hydrogen-bond donors (Lipinski definition) is 1. The van der Waals surface area contributed by atoms with Gasteiger partial charge in [0.2, 0.25) is 11.8 Å². The maximum absolute atomic E-state index is 14.1. The van der Waals surface area contributed by atoms with Crippen LogP contribution in [-0.2, 0) is 14.3 Å². The molecule has 1 saturated heterocycles. The largest absolute Gasteiger partial charge is 0.378 e. The quantitative estimate of drug-likeness (QED) is 0.825. The van der Waals surface area contributed by atoms with Gasteiger partial charge in [-0.25, -0.2) is 9.07 Å². The summed E-state index contributed by atoms with van der Waals surface area (Å²) in [6.45, 7) is 2.29. The number of rotatable bonds is 6. The lowest BCUT2D eigenvalue weighted by atomic mass is 10.2. The van der Waals surface area contributed by atoms with E-state index < -0.39 is 5.82 Å². The molecular formula is C17H19FN4O3S. The van der Waals surface area contributed by atoms with Crippen LogP contribution in [0.4, 0.5) is 10.1 Å². The lowest BCUT2D eigenvalue weighted by molar-refractivity contribution is -0.132. The summed E-state index contributed by atoms with van der Waals surface area (Å²) in [5, 5.41) is 6.61. The molecule has 26 heavy (non-hydrogen) atoms. The second-order valence-corrected chi connectivity index (χ2v) is 6.64. The molecule has 9 heteroatoms. The number of carbonyl (C=O) groups is 2. The molecule has 3 rings (SSSR count). The van der Waals surface area contributed by atoms with Crippen LogP contribution in [-0.4, -0.2) is 64.3 Å². The molecule has 7 nitrogen and oxygen atoms in total. The predicted molar refractivity (Wildman–Crippen MR) is 96.9 cm³/mol. The van der Waals surface area contributed by atoms with E-state index in [1.807, 2.05) is 0 Å². The Bertz CT molecular complexity index is 763. The van der Waals surface area contributed by atoms with Gasteiger partial charge in [-0.15, -0.1) is 11.8 Å². The van der Waals surface area contributed by atoms with E-state index in [0.29, 0.717) is 37.7 Å². The zero-order valence-corrected chi connectivity index (χ0v) is 14.9. The van der Waals surface area contributed by atoms with Crippen molar-refractivity contribution < 1.29 is 18.7 Å². The minimum absolute atomic E-state index is 0.000667.